The number of anilines is 3. The summed E-state index contributed by atoms with van der Waals surface area (Å²) in [6.45, 7) is 0.439. The maximum atomic E-state index is 13.3. The molecule has 0 atom stereocenters. The molecule has 0 radical (unpaired) electrons. The third kappa shape index (κ3) is 2.34. The minimum atomic E-state index is -0.0837. The molecule has 0 saturated carbocycles. The first-order valence-corrected chi connectivity index (χ1v) is 8.23. The molecule has 26 heavy (non-hydrogen) atoms. The molecule has 7 heteroatoms. The highest BCUT2D eigenvalue weighted by Gasteiger charge is 2.28. The molecule has 4 heterocycles. The molecule has 0 unspecified atom stereocenters. The van der Waals surface area contributed by atoms with Gasteiger partial charge in [0, 0.05) is 23.5 Å². The fraction of sp³-hybridized carbons (Fsp3) is 0.0526. The number of fused-ring (bicyclic) bond motifs is 3. The fourth-order valence-corrected chi connectivity index (χ4v) is 3.18. The number of hydrogen-bond donors (Lipinski definition) is 2. The van der Waals surface area contributed by atoms with Crippen molar-refractivity contribution in [2.24, 2.45) is 0 Å². The van der Waals surface area contributed by atoms with Gasteiger partial charge in [-0.3, -0.25) is 4.79 Å². The molecule has 1 aromatic carbocycles. The van der Waals surface area contributed by atoms with Crippen LogP contribution in [0.4, 0.5) is 17.2 Å². The Kier molecular flexibility index (Phi) is 3.26. The van der Waals surface area contributed by atoms with Crippen molar-refractivity contribution in [1.29, 1.82) is 0 Å². The van der Waals surface area contributed by atoms with Crippen LogP contribution in [0.1, 0.15) is 5.56 Å². The topological polar surface area (TPSA) is 69.7 Å². The molecule has 2 N–H and O–H groups in total. The number of amides is 1. The lowest BCUT2D eigenvalue weighted by atomic mass is 10.1. The molecule has 2 aromatic rings. The Morgan fingerprint density at radius 1 is 1.19 bits per heavy atom. The fourth-order valence-electron chi connectivity index (χ4n) is 3.18. The molecule has 3 aliphatic heterocycles. The second-order valence-electron chi connectivity index (χ2n) is 6.06. The summed E-state index contributed by atoms with van der Waals surface area (Å²) in [5.74, 6) is 0.686. The highest BCUT2D eigenvalue weighted by atomic mass is 16.8. The van der Waals surface area contributed by atoms with Gasteiger partial charge in [-0.05, 0) is 30.4 Å². The van der Waals surface area contributed by atoms with Gasteiger partial charge in [-0.1, -0.05) is 18.2 Å². The number of carbonyl (C=O) groups excluding carboxylic acids is 1. The molecule has 0 fully saturated rings. The smallest absolute Gasteiger partial charge is 0.258 e. The van der Waals surface area contributed by atoms with E-state index < -0.39 is 0 Å². The van der Waals surface area contributed by atoms with E-state index in [2.05, 4.69) is 15.8 Å². The Labute approximate surface area is 149 Å². The molecular weight excluding hydrogens is 330 g/mol. The average Bonchev–Trinajstić information content (AvgIpc) is 3.08. The van der Waals surface area contributed by atoms with Crippen LogP contribution in [0.2, 0.25) is 0 Å². The first kappa shape index (κ1) is 14.7. The normalized spacial score (nSPS) is 17.1. The van der Waals surface area contributed by atoms with Crippen molar-refractivity contribution in [3.8, 4) is 0 Å². The number of hydrogen-bond acceptors (Lipinski definition) is 6. The van der Waals surface area contributed by atoms with Crippen molar-refractivity contribution in [2.75, 3.05) is 10.2 Å². The van der Waals surface area contributed by atoms with E-state index in [1.165, 1.54) is 0 Å². The SMILES string of the molecule is O=C(C1=CC2=CNON2C=C1)N1Cc2cccnc2Nc2ccccc21. The number of hydroxylamine groups is 3. The van der Waals surface area contributed by atoms with Gasteiger partial charge < -0.3 is 10.2 Å². The lowest BCUT2D eigenvalue weighted by Gasteiger charge is -2.25. The number of nitrogens with zero attached hydrogens (tertiary/aromatic N) is 3. The molecule has 0 bridgehead atoms. The third-order valence-electron chi connectivity index (χ3n) is 4.46. The van der Waals surface area contributed by atoms with Crippen molar-refractivity contribution in [1.82, 2.24) is 15.5 Å². The number of pyridine rings is 1. The summed E-state index contributed by atoms with van der Waals surface area (Å²) in [6, 6.07) is 11.6. The van der Waals surface area contributed by atoms with Crippen LogP contribution in [-0.2, 0) is 16.3 Å². The summed E-state index contributed by atoms with van der Waals surface area (Å²) in [5.41, 5.74) is 6.66. The minimum absolute atomic E-state index is 0.0837. The predicted molar refractivity (Wildman–Crippen MR) is 96.5 cm³/mol. The summed E-state index contributed by atoms with van der Waals surface area (Å²) >= 11 is 0. The van der Waals surface area contributed by atoms with Crippen molar-refractivity contribution >= 4 is 23.1 Å². The molecule has 1 amide bonds. The van der Waals surface area contributed by atoms with Crippen LogP contribution in [0.5, 0.6) is 0 Å². The second-order valence-corrected chi connectivity index (χ2v) is 6.06. The molecule has 0 aliphatic carbocycles. The molecule has 1 aromatic heterocycles. The van der Waals surface area contributed by atoms with Gasteiger partial charge in [-0.25, -0.2) is 15.5 Å². The van der Waals surface area contributed by atoms with Gasteiger partial charge in [0.2, 0.25) is 0 Å². The van der Waals surface area contributed by atoms with E-state index in [9.17, 15) is 4.79 Å². The van der Waals surface area contributed by atoms with Crippen LogP contribution in [-0.4, -0.2) is 16.0 Å². The van der Waals surface area contributed by atoms with Gasteiger partial charge in [-0.2, -0.15) is 4.94 Å². The van der Waals surface area contributed by atoms with Gasteiger partial charge in [0.25, 0.3) is 5.91 Å². The number of nitrogens with one attached hydrogen (secondary N) is 2. The van der Waals surface area contributed by atoms with Gasteiger partial charge in [0.1, 0.15) is 5.82 Å². The molecule has 7 nitrogen and oxygen atoms in total. The molecular formula is C19H15N5O2. The minimum Gasteiger partial charge on any atom is -0.338 e. The van der Waals surface area contributed by atoms with Crippen molar-refractivity contribution < 1.29 is 9.73 Å². The molecule has 5 rings (SSSR count). The Bertz CT molecular complexity index is 995. The van der Waals surface area contributed by atoms with Crippen LogP contribution in [0.25, 0.3) is 0 Å². The van der Waals surface area contributed by atoms with Crippen LogP contribution >= 0.6 is 0 Å². The number of para-hydroxylation sites is 2. The number of allylic oxidation sites excluding steroid dienone is 1. The maximum Gasteiger partial charge on any atom is 0.258 e. The predicted octanol–water partition coefficient (Wildman–Crippen LogP) is 2.72. The van der Waals surface area contributed by atoms with Crippen molar-refractivity contribution in [3.05, 3.63) is 84.0 Å². The largest absolute Gasteiger partial charge is 0.338 e. The first-order chi connectivity index (χ1) is 12.8. The Hall–Kier alpha value is -3.58. The lowest BCUT2D eigenvalue weighted by molar-refractivity contribution is -0.116. The van der Waals surface area contributed by atoms with Crippen molar-refractivity contribution in [2.45, 2.75) is 6.54 Å². The average molecular weight is 345 g/mol. The monoisotopic (exact) mass is 345 g/mol. The van der Waals surface area contributed by atoms with E-state index in [0.717, 1.165) is 28.5 Å². The van der Waals surface area contributed by atoms with Gasteiger partial charge in [-0.15, -0.1) is 0 Å². The summed E-state index contributed by atoms with van der Waals surface area (Å²) in [4.78, 5) is 24.7. The zero-order valence-electron chi connectivity index (χ0n) is 13.7. The Balaban J connectivity index is 1.57. The van der Waals surface area contributed by atoms with Crippen LogP contribution in [0.3, 0.4) is 0 Å². The zero-order valence-corrected chi connectivity index (χ0v) is 13.7. The summed E-state index contributed by atoms with van der Waals surface area (Å²) in [6.07, 6.45) is 8.71. The first-order valence-electron chi connectivity index (χ1n) is 8.23. The van der Waals surface area contributed by atoms with E-state index in [4.69, 9.17) is 4.94 Å². The molecule has 128 valence electrons. The van der Waals surface area contributed by atoms with Crippen LogP contribution < -0.4 is 15.7 Å². The Morgan fingerprint density at radius 3 is 3.08 bits per heavy atom. The summed E-state index contributed by atoms with van der Waals surface area (Å²) < 4.78 is 0. The van der Waals surface area contributed by atoms with Crippen molar-refractivity contribution in [3.63, 3.8) is 0 Å². The maximum absolute atomic E-state index is 13.3. The highest BCUT2D eigenvalue weighted by molar-refractivity contribution is 6.10. The third-order valence-corrected chi connectivity index (χ3v) is 4.46. The summed E-state index contributed by atoms with van der Waals surface area (Å²) in [5, 5.41) is 4.90. The second kappa shape index (κ2) is 5.75. The molecule has 0 spiro atoms. The molecule has 3 aliphatic rings. The standard InChI is InChI=1S/C19H15N5O2/c25-19(13-7-9-24-15(10-13)11-21-26-24)23-12-14-4-3-8-20-18(14)22-16-5-1-2-6-17(16)23/h1-11,21H,12H2,(H,20,22). The van der Waals surface area contributed by atoms with Crippen LogP contribution in [0.15, 0.2) is 78.4 Å². The van der Waals surface area contributed by atoms with Gasteiger partial charge in [0.15, 0.2) is 0 Å². The highest BCUT2D eigenvalue weighted by Crippen LogP contribution is 2.35. The number of rotatable bonds is 1. The van der Waals surface area contributed by atoms with E-state index in [1.807, 2.05) is 36.4 Å². The van der Waals surface area contributed by atoms with E-state index in [0.29, 0.717) is 12.1 Å². The summed E-state index contributed by atoms with van der Waals surface area (Å²) in [7, 11) is 0. The van der Waals surface area contributed by atoms with E-state index in [1.54, 1.807) is 40.7 Å². The lowest BCUT2D eigenvalue weighted by Crippen LogP contribution is -2.32. The van der Waals surface area contributed by atoms with Gasteiger partial charge >= 0.3 is 0 Å². The number of carbonyl (C=O) groups is 1. The van der Waals surface area contributed by atoms with Crippen LogP contribution in [0, 0.1) is 0 Å². The van der Waals surface area contributed by atoms with E-state index in [-0.39, 0.29) is 5.91 Å². The Morgan fingerprint density at radius 2 is 2.12 bits per heavy atom. The van der Waals surface area contributed by atoms with E-state index >= 15 is 0 Å². The quantitative estimate of drug-likeness (QED) is 0.828. The zero-order chi connectivity index (χ0) is 17.5. The van der Waals surface area contributed by atoms with Gasteiger partial charge in [0.05, 0.1) is 29.8 Å². The number of benzene rings is 1. The number of aromatic nitrogens is 1. The molecule has 0 saturated heterocycles.